The SMILES string of the molecule is CC(=N)C(C#N)C(=O)CSc1nc(-c2ccccc2)cn1N. The van der Waals surface area contributed by atoms with Crippen LogP contribution in [0.1, 0.15) is 6.92 Å². The number of nitrogens with zero attached hydrogens (tertiary/aromatic N) is 3. The predicted octanol–water partition coefficient (Wildman–Crippen LogP) is 2.10. The van der Waals surface area contributed by atoms with Gasteiger partial charge in [-0.1, -0.05) is 42.1 Å². The number of nitrogens with two attached hydrogens (primary N) is 1. The minimum Gasteiger partial charge on any atom is -0.337 e. The molecule has 3 N–H and O–H groups in total. The molecule has 0 aliphatic rings. The van der Waals surface area contributed by atoms with Crippen LogP contribution in [0.25, 0.3) is 11.3 Å². The Labute approximate surface area is 132 Å². The molecule has 1 aromatic heterocycles. The van der Waals surface area contributed by atoms with Crippen molar-refractivity contribution >= 4 is 23.3 Å². The quantitative estimate of drug-likeness (QED) is 0.482. The molecule has 112 valence electrons. The minimum atomic E-state index is -0.998. The molecule has 0 aliphatic carbocycles. The fourth-order valence-electron chi connectivity index (χ4n) is 1.86. The molecule has 0 aliphatic heterocycles. The van der Waals surface area contributed by atoms with Gasteiger partial charge in [-0.3, -0.25) is 4.79 Å². The van der Waals surface area contributed by atoms with Crippen molar-refractivity contribution in [1.29, 1.82) is 10.7 Å². The van der Waals surface area contributed by atoms with E-state index in [-0.39, 0.29) is 17.2 Å². The summed E-state index contributed by atoms with van der Waals surface area (Å²) < 4.78 is 1.36. The van der Waals surface area contributed by atoms with Gasteiger partial charge in [0, 0.05) is 11.3 Å². The highest BCUT2D eigenvalue weighted by Gasteiger charge is 2.21. The van der Waals surface area contributed by atoms with Gasteiger partial charge in [0.2, 0.25) is 0 Å². The van der Waals surface area contributed by atoms with E-state index in [2.05, 4.69) is 4.98 Å². The van der Waals surface area contributed by atoms with Crippen LogP contribution in [-0.4, -0.2) is 26.9 Å². The zero-order chi connectivity index (χ0) is 16.1. The van der Waals surface area contributed by atoms with E-state index in [0.29, 0.717) is 5.16 Å². The molecule has 1 aromatic carbocycles. The summed E-state index contributed by atoms with van der Waals surface area (Å²) in [5.74, 6) is 4.59. The maximum Gasteiger partial charge on any atom is 0.187 e. The standard InChI is InChI=1S/C15H15N5OS/c1-10(17)12(7-16)14(21)9-22-15-19-13(8-20(15)18)11-5-3-2-4-6-11/h2-6,8,12,17H,9,18H2,1H3. The molecule has 0 fully saturated rings. The Balaban J connectivity index is 2.09. The van der Waals surface area contributed by atoms with Crippen LogP contribution >= 0.6 is 11.8 Å². The lowest BCUT2D eigenvalue weighted by Crippen LogP contribution is -2.22. The van der Waals surface area contributed by atoms with Crippen molar-refractivity contribution in [3.8, 4) is 17.3 Å². The highest BCUT2D eigenvalue weighted by atomic mass is 32.2. The molecule has 1 unspecified atom stereocenters. The largest absolute Gasteiger partial charge is 0.337 e. The first kappa shape index (κ1) is 15.8. The second-order valence-corrected chi connectivity index (χ2v) is 5.62. The number of imidazole rings is 1. The number of rotatable bonds is 6. The zero-order valence-electron chi connectivity index (χ0n) is 12.0. The normalized spacial score (nSPS) is 11.6. The topological polar surface area (TPSA) is 109 Å². The van der Waals surface area contributed by atoms with Crippen molar-refractivity contribution in [2.45, 2.75) is 12.1 Å². The van der Waals surface area contributed by atoms with Crippen LogP contribution in [0.3, 0.4) is 0 Å². The van der Waals surface area contributed by atoms with Gasteiger partial charge in [0.05, 0.1) is 23.7 Å². The van der Waals surface area contributed by atoms with Crippen LogP contribution in [0.15, 0.2) is 41.7 Å². The number of carbonyl (C=O) groups is 1. The first-order chi connectivity index (χ1) is 10.5. The number of benzene rings is 1. The Morgan fingerprint density at radius 1 is 1.50 bits per heavy atom. The van der Waals surface area contributed by atoms with Crippen molar-refractivity contribution in [3.63, 3.8) is 0 Å². The molecule has 0 saturated carbocycles. The molecule has 2 aromatic rings. The molecule has 0 radical (unpaired) electrons. The minimum absolute atomic E-state index is 0.0502. The van der Waals surface area contributed by atoms with Gasteiger partial charge in [0.15, 0.2) is 10.9 Å². The molecule has 0 bridgehead atoms. The van der Waals surface area contributed by atoms with Gasteiger partial charge in [-0.15, -0.1) is 0 Å². The number of ketones is 1. The predicted molar refractivity (Wildman–Crippen MR) is 86.0 cm³/mol. The highest BCUT2D eigenvalue weighted by molar-refractivity contribution is 7.99. The van der Waals surface area contributed by atoms with E-state index in [1.165, 1.54) is 11.6 Å². The van der Waals surface area contributed by atoms with E-state index >= 15 is 0 Å². The molecule has 1 heterocycles. The number of hydrogen-bond acceptors (Lipinski definition) is 6. The summed E-state index contributed by atoms with van der Waals surface area (Å²) in [6.45, 7) is 1.45. The van der Waals surface area contributed by atoms with Gasteiger partial charge in [0.1, 0.15) is 5.92 Å². The molecule has 6 nitrogen and oxygen atoms in total. The van der Waals surface area contributed by atoms with Crippen molar-refractivity contribution in [1.82, 2.24) is 9.66 Å². The number of Topliss-reactive ketones (excluding diaryl/α,β-unsaturated/α-hetero) is 1. The van der Waals surface area contributed by atoms with E-state index in [0.717, 1.165) is 23.0 Å². The van der Waals surface area contributed by atoms with Crippen molar-refractivity contribution in [3.05, 3.63) is 36.5 Å². The molecule has 0 amide bonds. The lowest BCUT2D eigenvalue weighted by molar-refractivity contribution is -0.117. The fraction of sp³-hybridized carbons (Fsp3) is 0.200. The Kier molecular flexibility index (Phi) is 4.96. The number of nitrogens with one attached hydrogen (secondary N) is 1. The summed E-state index contributed by atoms with van der Waals surface area (Å²) in [5, 5.41) is 16.8. The van der Waals surface area contributed by atoms with E-state index in [1.807, 2.05) is 36.4 Å². The number of thioether (sulfide) groups is 1. The van der Waals surface area contributed by atoms with E-state index in [9.17, 15) is 4.79 Å². The average Bonchev–Trinajstić information content (AvgIpc) is 2.87. The average molecular weight is 313 g/mol. The Morgan fingerprint density at radius 2 is 2.18 bits per heavy atom. The molecular weight excluding hydrogens is 298 g/mol. The Bertz CT molecular complexity index is 732. The molecule has 0 spiro atoms. The van der Waals surface area contributed by atoms with Gasteiger partial charge in [-0.25, -0.2) is 9.66 Å². The summed E-state index contributed by atoms with van der Waals surface area (Å²) in [6, 6.07) is 11.4. The maximum absolute atomic E-state index is 11.9. The first-order valence-corrected chi connectivity index (χ1v) is 7.51. The van der Waals surface area contributed by atoms with E-state index in [1.54, 1.807) is 6.20 Å². The number of nitriles is 1. The van der Waals surface area contributed by atoms with Crippen LogP contribution in [-0.2, 0) is 4.79 Å². The molecule has 0 saturated heterocycles. The van der Waals surface area contributed by atoms with Crippen LogP contribution in [0, 0.1) is 22.7 Å². The Hall–Kier alpha value is -2.59. The van der Waals surface area contributed by atoms with Crippen LogP contribution < -0.4 is 5.84 Å². The van der Waals surface area contributed by atoms with E-state index in [4.69, 9.17) is 16.5 Å². The lowest BCUT2D eigenvalue weighted by atomic mass is 10.0. The maximum atomic E-state index is 11.9. The van der Waals surface area contributed by atoms with Crippen molar-refractivity contribution < 1.29 is 4.79 Å². The summed E-state index contributed by atoms with van der Waals surface area (Å²) in [7, 11) is 0. The van der Waals surface area contributed by atoms with Crippen LogP contribution in [0.5, 0.6) is 0 Å². The number of aromatic nitrogens is 2. The van der Waals surface area contributed by atoms with Gasteiger partial charge >= 0.3 is 0 Å². The van der Waals surface area contributed by atoms with Gasteiger partial charge in [-0.2, -0.15) is 5.26 Å². The fourth-order valence-corrected chi connectivity index (χ4v) is 2.66. The molecule has 7 heteroatoms. The summed E-state index contributed by atoms with van der Waals surface area (Å²) in [5.41, 5.74) is 1.71. The van der Waals surface area contributed by atoms with Gasteiger partial charge in [0.25, 0.3) is 0 Å². The van der Waals surface area contributed by atoms with Crippen molar-refractivity contribution in [2.75, 3.05) is 11.6 Å². The van der Waals surface area contributed by atoms with Crippen molar-refractivity contribution in [2.24, 2.45) is 5.92 Å². The highest BCUT2D eigenvalue weighted by Crippen LogP contribution is 2.23. The van der Waals surface area contributed by atoms with Gasteiger partial charge < -0.3 is 11.3 Å². The van der Waals surface area contributed by atoms with Gasteiger partial charge in [-0.05, 0) is 6.92 Å². The Morgan fingerprint density at radius 3 is 2.77 bits per heavy atom. The second kappa shape index (κ2) is 6.91. The molecule has 22 heavy (non-hydrogen) atoms. The first-order valence-electron chi connectivity index (χ1n) is 6.53. The van der Waals surface area contributed by atoms with Crippen LogP contribution in [0.4, 0.5) is 0 Å². The molecular formula is C15H15N5OS. The monoisotopic (exact) mass is 313 g/mol. The van der Waals surface area contributed by atoms with Crippen LogP contribution in [0.2, 0.25) is 0 Å². The zero-order valence-corrected chi connectivity index (χ0v) is 12.8. The number of carbonyl (C=O) groups excluding carboxylic acids is 1. The smallest absolute Gasteiger partial charge is 0.187 e. The lowest BCUT2D eigenvalue weighted by Gasteiger charge is -2.05. The third-order valence-corrected chi connectivity index (χ3v) is 3.98. The summed E-state index contributed by atoms with van der Waals surface area (Å²) in [4.78, 5) is 16.3. The third kappa shape index (κ3) is 3.54. The number of hydrogen-bond donors (Lipinski definition) is 2. The second-order valence-electron chi connectivity index (χ2n) is 4.68. The van der Waals surface area contributed by atoms with E-state index < -0.39 is 5.92 Å². The third-order valence-electron chi connectivity index (χ3n) is 3.00. The molecule has 1 atom stereocenters. The summed E-state index contributed by atoms with van der Waals surface area (Å²) >= 11 is 1.16. The number of nitrogen functional groups attached to an aromatic ring is 1. The molecule has 2 rings (SSSR count). The summed E-state index contributed by atoms with van der Waals surface area (Å²) in [6.07, 6.45) is 1.69.